The largest absolute Gasteiger partial charge is 0.376 e. The van der Waals surface area contributed by atoms with Crippen LogP contribution in [0.1, 0.15) is 43.4 Å². The molecule has 1 saturated heterocycles. The summed E-state index contributed by atoms with van der Waals surface area (Å²) in [6, 6.07) is 2.39. The van der Waals surface area contributed by atoms with Gasteiger partial charge in [-0.3, -0.25) is 0 Å². The Balaban J connectivity index is 2.35. The molecule has 1 aliphatic rings. The van der Waals surface area contributed by atoms with Gasteiger partial charge in [0.25, 0.3) is 0 Å². The summed E-state index contributed by atoms with van der Waals surface area (Å²) in [4.78, 5) is 0. The minimum Gasteiger partial charge on any atom is -0.376 e. The second-order valence-corrected chi connectivity index (χ2v) is 5.03. The Labute approximate surface area is 113 Å². The second-order valence-electron chi connectivity index (χ2n) is 5.03. The third-order valence-corrected chi connectivity index (χ3v) is 3.64. The van der Waals surface area contributed by atoms with Crippen molar-refractivity contribution in [3.05, 3.63) is 34.9 Å². The van der Waals surface area contributed by atoms with Crippen molar-refractivity contribution >= 4 is 0 Å². The molecule has 0 bridgehead atoms. The van der Waals surface area contributed by atoms with Gasteiger partial charge in [0, 0.05) is 12.2 Å². The molecule has 0 aliphatic carbocycles. The normalized spacial score (nSPS) is 21.4. The molecule has 1 aromatic carbocycles. The lowest BCUT2D eigenvalue weighted by Gasteiger charge is -2.32. The molecule has 2 unspecified atom stereocenters. The SMILES string of the molecule is CCNC(c1c(F)ccc(C)c1F)C1CCCCO1. The molecule has 1 aromatic rings. The Hall–Kier alpha value is -1.00. The first-order chi connectivity index (χ1) is 9.15. The van der Waals surface area contributed by atoms with Crippen molar-refractivity contribution < 1.29 is 13.5 Å². The van der Waals surface area contributed by atoms with Crippen LogP contribution < -0.4 is 5.32 Å². The standard InChI is InChI=1S/C15H21F2NO/c1-3-18-15(12-6-4-5-9-19-12)13-11(16)8-7-10(2)14(13)17/h7-8,12,15,18H,3-6,9H2,1-2H3. The smallest absolute Gasteiger partial charge is 0.133 e. The van der Waals surface area contributed by atoms with Crippen molar-refractivity contribution in [3.8, 4) is 0 Å². The molecule has 0 amide bonds. The lowest BCUT2D eigenvalue weighted by Crippen LogP contribution is -2.37. The van der Waals surface area contributed by atoms with Crippen LogP contribution in [0.5, 0.6) is 0 Å². The summed E-state index contributed by atoms with van der Waals surface area (Å²) in [6.45, 7) is 4.91. The van der Waals surface area contributed by atoms with Crippen LogP contribution in [-0.4, -0.2) is 19.3 Å². The Morgan fingerprint density at radius 3 is 2.79 bits per heavy atom. The van der Waals surface area contributed by atoms with Crippen LogP contribution in [0.4, 0.5) is 8.78 Å². The molecule has 1 fully saturated rings. The Kier molecular flexibility index (Phi) is 4.88. The van der Waals surface area contributed by atoms with Crippen molar-refractivity contribution in [2.75, 3.05) is 13.2 Å². The summed E-state index contributed by atoms with van der Waals surface area (Å²) < 4.78 is 34.0. The van der Waals surface area contributed by atoms with Crippen molar-refractivity contribution in [3.63, 3.8) is 0 Å². The summed E-state index contributed by atoms with van der Waals surface area (Å²) in [6.07, 6.45) is 2.75. The number of hydrogen-bond donors (Lipinski definition) is 1. The molecule has 1 N–H and O–H groups in total. The van der Waals surface area contributed by atoms with E-state index in [2.05, 4.69) is 5.32 Å². The predicted molar refractivity (Wildman–Crippen MR) is 71.1 cm³/mol. The minimum atomic E-state index is -0.497. The fourth-order valence-corrected chi connectivity index (χ4v) is 2.63. The third-order valence-electron chi connectivity index (χ3n) is 3.64. The van der Waals surface area contributed by atoms with Crippen LogP contribution in [0, 0.1) is 18.6 Å². The van der Waals surface area contributed by atoms with Crippen LogP contribution in [0.3, 0.4) is 0 Å². The van der Waals surface area contributed by atoms with Gasteiger partial charge in [0.15, 0.2) is 0 Å². The first kappa shape index (κ1) is 14.4. The van der Waals surface area contributed by atoms with Gasteiger partial charge < -0.3 is 10.1 Å². The Bertz CT molecular complexity index is 430. The number of likely N-dealkylation sites (N-methyl/N-ethyl adjacent to an activating group) is 1. The topological polar surface area (TPSA) is 21.3 Å². The van der Waals surface area contributed by atoms with E-state index in [1.54, 1.807) is 6.92 Å². The zero-order valence-corrected chi connectivity index (χ0v) is 11.5. The molecular formula is C15H21F2NO. The van der Waals surface area contributed by atoms with Gasteiger partial charge in [-0.2, -0.15) is 0 Å². The number of hydrogen-bond acceptors (Lipinski definition) is 2. The molecular weight excluding hydrogens is 248 g/mol. The highest BCUT2D eigenvalue weighted by molar-refractivity contribution is 5.30. The quantitative estimate of drug-likeness (QED) is 0.903. The van der Waals surface area contributed by atoms with Crippen LogP contribution in [0.15, 0.2) is 12.1 Å². The Morgan fingerprint density at radius 2 is 2.16 bits per heavy atom. The van der Waals surface area contributed by atoms with E-state index < -0.39 is 17.7 Å². The molecule has 4 heteroatoms. The summed E-state index contributed by atoms with van der Waals surface area (Å²) in [5, 5.41) is 3.17. The van der Waals surface area contributed by atoms with E-state index in [0.717, 1.165) is 19.3 Å². The molecule has 0 radical (unpaired) electrons. The number of rotatable bonds is 4. The van der Waals surface area contributed by atoms with Gasteiger partial charge in [0.2, 0.25) is 0 Å². The molecule has 19 heavy (non-hydrogen) atoms. The first-order valence-electron chi connectivity index (χ1n) is 6.94. The molecule has 0 saturated carbocycles. The van der Waals surface area contributed by atoms with Crippen molar-refractivity contribution in [1.29, 1.82) is 0 Å². The average Bonchev–Trinajstić information content (AvgIpc) is 2.43. The number of nitrogens with one attached hydrogen (secondary N) is 1. The zero-order valence-electron chi connectivity index (χ0n) is 11.5. The fourth-order valence-electron chi connectivity index (χ4n) is 2.63. The maximum Gasteiger partial charge on any atom is 0.133 e. The van der Waals surface area contributed by atoms with Crippen LogP contribution in [0.25, 0.3) is 0 Å². The van der Waals surface area contributed by atoms with E-state index >= 15 is 0 Å². The molecule has 1 heterocycles. The van der Waals surface area contributed by atoms with E-state index in [4.69, 9.17) is 4.74 Å². The molecule has 2 atom stereocenters. The maximum absolute atomic E-state index is 14.3. The summed E-state index contributed by atoms with van der Waals surface area (Å²) in [5.74, 6) is -0.955. The van der Waals surface area contributed by atoms with Gasteiger partial charge in [0.05, 0.1) is 12.1 Å². The summed E-state index contributed by atoms with van der Waals surface area (Å²) >= 11 is 0. The van der Waals surface area contributed by atoms with Crippen LogP contribution >= 0.6 is 0 Å². The fraction of sp³-hybridized carbons (Fsp3) is 0.600. The van der Waals surface area contributed by atoms with Gasteiger partial charge >= 0.3 is 0 Å². The second kappa shape index (κ2) is 6.44. The van der Waals surface area contributed by atoms with Gasteiger partial charge in [-0.05, 0) is 44.4 Å². The predicted octanol–water partition coefficient (Wildman–Crippen LogP) is 3.49. The van der Waals surface area contributed by atoms with Gasteiger partial charge in [-0.25, -0.2) is 8.78 Å². The molecule has 0 spiro atoms. The molecule has 2 rings (SSSR count). The Morgan fingerprint density at radius 1 is 1.37 bits per heavy atom. The number of halogens is 2. The van der Waals surface area contributed by atoms with E-state index in [9.17, 15) is 8.78 Å². The number of ether oxygens (including phenoxy) is 1. The summed E-state index contributed by atoms with van der Waals surface area (Å²) in [5.41, 5.74) is 0.587. The molecule has 1 aliphatic heterocycles. The first-order valence-corrected chi connectivity index (χ1v) is 6.94. The van der Waals surface area contributed by atoms with Crippen molar-refractivity contribution in [1.82, 2.24) is 5.32 Å². The van der Waals surface area contributed by atoms with E-state index in [1.165, 1.54) is 12.1 Å². The third kappa shape index (κ3) is 3.12. The van der Waals surface area contributed by atoms with E-state index in [-0.39, 0.29) is 11.7 Å². The summed E-state index contributed by atoms with van der Waals surface area (Å²) in [7, 11) is 0. The monoisotopic (exact) mass is 269 g/mol. The highest BCUT2D eigenvalue weighted by Gasteiger charge is 2.30. The number of aryl methyl sites for hydroxylation is 1. The van der Waals surface area contributed by atoms with Gasteiger partial charge in [-0.15, -0.1) is 0 Å². The lowest BCUT2D eigenvalue weighted by molar-refractivity contribution is -0.00934. The van der Waals surface area contributed by atoms with Gasteiger partial charge in [0.1, 0.15) is 11.6 Å². The van der Waals surface area contributed by atoms with Crippen LogP contribution in [-0.2, 0) is 4.74 Å². The molecule has 0 aromatic heterocycles. The van der Waals surface area contributed by atoms with E-state index in [0.29, 0.717) is 18.7 Å². The number of benzene rings is 1. The van der Waals surface area contributed by atoms with E-state index in [1.807, 2.05) is 6.92 Å². The zero-order chi connectivity index (χ0) is 13.8. The van der Waals surface area contributed by atoms with Crippen molar-refractivity contribution in [2.24, 2.45) is 0 Å². The molecule has 2 nitrogen and oxygen atoms in total. The van der Waals surface area contributed by atoms with Crippen LogP contribution in [0.2, 0.25) is 0 Å². The maximum atomic E-state index is 14.3. The lowest BCUT2D eigenvalue weighted by atomic mass is 9.93. The highest BCUT2D eigenvalue weighted by Crippen LogP contribution is 2.31. The minimum absolute atomic E-state index is 0.119. The van der Waals surface area contributed by atoms with Crippen molar-refractivity contribution in [2.45, 2.75) is 45.3 Å². The van der Waals surface area contributed by atoms with Gasteiger partial charge in [-0.1, -0.05) is 13.0 Å². The average molecular weight is 269 g/mol. The highest BCUT2D eigenvalue weighted by atomic mass is 19.1. The molecule has 106 valence electrons.